The van der Waals surface area contributed by atoms with Gasteiger partial charge in [-0.2, -0.15) is 5.10 Å². The molecule has 5 rings (SSSR count). The second kappa shape index (κ2) is 9.35. The molecule has 2 aliphatic rings. The largest absolute Gasteiger partial charge is 0.494 e. The minimum absolute atomic E-state index is 0.0109. The number of ether oxygens (including phenoxy) is 1. The van der Waals surface area contributed by atoms with Crippen LogP contribution >= 0.6 is 23.1 Å². The summed E-state index contributed by atoms with van der Waals surface area (Å²) in [5.41, 5.74) is 10.3. The number of rotatable bonds is 6. The summed E-state index contributed by atoms with van der Waals surface area (Å²) >= 11 is 3.18. The van der Waals surface area contributed by atoms with Gasteiger partial charge in [-0.25, -0.2) is 0 Å². The third kappa shape index (κ3) is 4.05. The summed E-state index contributed by atoms with van der Waals surface area (Å²) in [5.74, 6) is 1.64. The topological polar surface area (TPSA) is 57.2 Å². The molecule has 2 aliphatic heterocycles. The Morgan fingerprint density at radius 1 is 1.15 bits per heavy atom. The molecule has 0 radical (unpaired) electrons. The van der Waals surface area contributed by atoms with E-state index >= 15 is 0 Å². The second-order valence-electron chi connectivity index (χ2n) is 8.54. The summed E-state index contributed by atoms with van der Waals surface area (Å²) in [7, 11) is 0. The number of carbonyl (C=O) groups is 1. The van der Waals surface area contributed by atoms with E-state index in [2.05, 4.69) is 48.3 Å². The van der Waals surface area contributed by atoms with E-state index in [1.165, 1.54) is 33.6 Å². The van der Waals surface area contributed by atoms with Crippen molar-refractivity contribution in [1.29, 1.82) is 0 Å². The zero-order valence-corrected chi connectivity index (χ0v) is 21.4. The van der Waals surface area contributed by atoms with Gasteiger partial charge in [0.05, 0.1) is 18.8 Å². The Labute approximate surface area is 208 Å². The second-order valence-corrected chi connectivity index (χ2v) is 10.4. The van der Waals surface area contributed by atoms with Crippen LogP contribution in [0.15, 0.2) is 52.9 Å². The number of carbonyl (C=O) groups excluding carboxylic acids is 1. The van der Waals surface area contributed by atoms with Crippen LogP contribution in [0.1, 0.15) is 44.4 Å². The van der Waals surface area contributed by atoms with Gasteiger partial charge >= 0.3 is 0 Å². The number of nitrogens with one attached hydrogen (secondary N) is 1. The first-order valence-corrected chi connectivity index (χ1v) is 13.3. The highest BCUT2D eigenvalue weighted by atomic mass is 32.2. The summed E-state index contributed by atoms with van der Waals surface area (Å²) in [6, 6.07) is 14.4. The van der Waals surface area contributed by atoms with Gasteiger partial charge < -0.3 is 4.74 Å². The zero-order chi connectivity index (χ0) is 23.8. The number of amidine groups is 1. The van der Waals surface area contributed by atoms with Crippen LogP contribution < -0.4 is 15.1 Å². The average Bonchev–Trinajstić information content (AvgIpc) is 3.44. The normalized spacial score (nSPS) is 16.8. The number of fused-ring (bicyclic) bond motifs is 3. The Bertz CT molecular complexity index is 1250. The fraction of sp³-hybridized carbons (Fsp3) is 0.308. The number of amides is 1. The van der Waals surface area contributed by atoms with Gasteiger partial charge in [-0.3, -0.25) is 20.0 Å². The van der Waals surface area contributed by atoms with Gasteiger partial charge in [0.2, 0.25) is 6.29 Å². The lowest BCUT2D eigenvalue weighted by atomic mass is 10.0. The molecule has 1 unspecified atom stereocenters. The molecule has 1 aromatic heterocycles. The van der Waals surface area contributed by atoms with E-state index in [0.717, 1.165) is 32.8 Å². The molecule has 3 aromatic rings. The number of thioether (sulfide) groups is 1. The van der Waals surface area contributed by atoms with Gasteiger partial charge in [0.1, 0.15) is 10.6 Å². The summed E-state index contributed by atoms with van der Waals surface area (Å²) in [5, 5.41) is 7.52. The van der Waals surface area contributed by atoms with Gasteiger partial charge in [0, 0.05) is 11.3 Å². The standard InChI is InChI=1S/C26H28N4O2S2/c1-5-32-22-9-7-6-8-19(22)14-29-24(31)23-21(10-11-33-23)30-25(29)27-28-26(30)34-15-20-17(3)12-16(2)13-18(20)4/h6-13,25,27H,5,14-15H2,1-4H3. The first kappa shape index (κ1) is 22.8. The monoisotopic (exact) mass is 492 g/mol. The number of hydrazone groups is 1. The van der Waals surface area contributed by atoms with Crippen LogP contribution in [0.3, 0.4) is 0 Å². The maximum atomic E-state index is 13.5. The van der Waals surface area contributed by atoms with Crippen molar-refractivity contribution in [2.24, 2.45) is 5.10 Å². The molecule has 3 heterocycles. The molecule has 2 aromatic carbocycles. The van der Waals surface area contributed by atoms with Gasteiger partial charge in [-0.15, -0.1) is 11.3 Å². The minimum Gasteiger partial charge on any atom is -0.494 e. The molecule has 1 amide bonds. The van der Waals surface area contributed by atoms with Crippen molar-refractivity contribution in [3.8, 4) is 5.75 Å². The SMILES string of the molecule is CCOc1ccccc1CN1C(=O)c2sccc2N2C(SCc3c(C)cc(C)cc3C)=NNC12. The van der Waals surface area contributed by atoms with Crippen LogP contribution in [0, 0.1) is 20.8 Å². The predicted octanol–water partition coefficient (Wildman–Crippen LogP) is 5.63. The van der Waals surface area contributed by atoms with Crippen molar-refractivity contribution >= 4 is 39.9 Å². The average molecular weight is 493 g/mol. The number of nitrogens with zero attached hydrogens (tertiary/aromatic N) is 3. The molecule has 1 N–H and O–H groups in total. The maximum Gasteiger partial charge on any atom is 0.269 e. The molecule has 0 fully saturated rings. The van der Waals surface area contributed by atoms with Crippen molar-refractivity contribution in [2.45, 2.75) is 46.3 Å². The fourth-order valence-electron chi connectivity index (χ4n) is 4.62. The molecule has 6 nitrogen and oxygen atoms in total. The number of hydrogen-bond donors (Lipinski definition) is 1. The number of para-hydroxylation sites is 1. The smallest absolute Gasteiger partial charge is 0.269 e. The molecular weight excluding hydrogens is 464 g/mol. The first-order chi connectivity index (χ1) is 16.5. The molecule has 176 valence electrons. The molecule has 0 saturated heterocycles. The van der Waals surface area contributed by atoms with Crippen LogP contribution in [-0.4, -0.2) is 28.9 Å². The molecule has 34 heavy (non-hydrogen) atoms. The summed E-state index contributed by atoms with van der Waals surface area (Å²) in [6.45, 7) is 9.45. The third-order valence-electron chi connectivity index (χ3n) is 6.18. The Kier molecular flexibility index (Phi) is 6.27. The molecule has 0 spiro atoms. The number of anilines is 1. The van der Waals surface area contributed by atoms with Crippen molar-refractivity contribution in [2.75, 3.05) is 11.5 Å². The molecular formula is C26H28N4O2S2. The van der Waals surface area contributed by atoms with Gasteiger partial charge in [0.15, 0.2) is 5.17 Å². The van der Waals surface area contributed by atoms with Crippen LogP contribution in [0.2, 0.25) is 0 Å². The maximum absolute atomic E-state index is 13.5. The Morgan fingerprint density at radius 3 is 2.68 bits per heavy atom. The molecule has 0 bridgehead atoms. The molecule has 0 aliphatic carbocycles. The van der Waals surface area contributed by atoms with Crippen LogP contribution in [0.4, 0.5) is 5.69 Å². The van der Waals surface area contributed by atoms with Crippen molar-refractivity contribution in [1.82, 2.24) is 10.3 Å². The highest BCUT2D eigenvalue weighted by Crippen LogP contribution is 2.40. The molecule has 0 saturated carbocycles. The lowest BCUT2D eigenvalue weighted by molar-refractivity contribution is 0.0627. The number of aryl methyl sites for hydroxylation is 3. The van der Waals surface area contributed by atoms with Crippen LogP contribution in [0.25, 0.3) is 0 Å². The Balaban J connectivity index is 1.42. The minimum atomic E-state index is -0.369. The van der Waals surface area contributed by atoms with E-state index < -0.39 is 0 Å². The zero-order valence-electron chi connectivity index (χ0n) is 19.8. The van der Waals surface area contributed by atoms with E-state index in [0.29, 0.717) is 13.2 Å². The number of benzene rings is 2. The van der Waals surface area contributed by atoms with E-state index in [1.807, 2.05) is 47.5 Å². The molecule has 8 heteroatoms. The number of thiophene rings is 1. The van der Waals surface area contributed by atoms with Crippen molar-refractivity contribution < 1.29 is 9.53 Å². The highest BCUT2D eigenvalue weighted by molar-refractivity contribution is 8.13. The van der Waals surface area contributed by atoms with Crippen LogP contribution in [-0.2, 0) is 12.3 Å². The van der Waals surface area contributed by atoms with E-state index in [1.54, 1.807) is 11.8 Å². The Hall–Kier alpha value is -2.97. The predicted molar refractivity (Wildman–Crippen MR) is 141 cm³/mol. The number of hydrogen-bond acceptors (Lipinski definition) is 7. The van der Waals surface area contributed by atoms with E-state index in [9.17, 15) is 4.79 Å². The Morgan fingerprint density at radius 2 is 1.91 bits per heavy atom. The fourth-order valence-corrected chi connectivity index (χ4v) is 6.64. The van der Waals surface area contributed by atoms with Crippen molar-refractivity contribution in [3.63, 3.8) is 0 Å². The summed E-state index contributed by atoms with van der Waals surface area (Å²) in [6.07, 6.45) is -0.369. The lowest BCUT2D eigenvalue weighted by Crippen LogP contribution is -2.57. The quantitative estimate of drug-likeness (QED) is 0.484. The van der Waals surface area contributed by atoms with Gasteiger partial charge in [-0.1, -0.05) is 47.7 Å². The third-order valence-corrected chi connectivity index (χ3v) is 8.05. The summed E-state index contributed by atoms with van der Waals surface area (Å²) in [4.78, 5) is 18.2. The summed E-state index contributed by atoms with van der Waals surface area (Å²) < 4.78 is 5.82. The lowest BCUT2D eigenvalue weighted by Gasteiger charge is -2.39. The van der Waals surface area contributed by atoms with Gasteiger partial charge in [-0.05, 0) is 61.9 Å². The van der Waals surface area contributed by atoms with Crippen LogP contribution in [0.5, 0.6) is 5.75 Å². The van der Waals surface area contributed by atoms with E-state index in [4.69, 9.17) is 4.74 Å². The van der Waals surface area contributed by atoms with E-state index in [-0.39, 0.29) is 12.2 Å². The van der Waals surface area contributed by atoms with Crippen molar-refractivity contribution in [3.05, 3.63) is 80.5 Å². The first-order valence-electron chi connectivity index (χ1n) is 11.4. The highest BCUT2D eigenvalue weighted by Gasteiger charge is 2.44. The van der Waals surface area contributed by atoms with Gasteiger partial charge in [0.25, 0.3) is 5.91 Å². The molecule has 1 atom stereocenters.